The molecule has 0 radical (unpaired) electrons. The number of fused-ring (bicyclic) bond motifs is 2. The summed E-state index contributed by atoms with van der Waals surface area (Å²) in [5.41, 5.74) is -0.105. The van der Waals surface area contributed by atoms with E-state index < -0.39 is 47.0 Å². The Kier molecular flexibility index (Phi) is 2.68. The van der Waals surface area contributed by atoms with Gasteiger partial charge in [-0.3, -0.25) is 4.79 Å². The summed E-state index contributed by atoms with van der Waals surface area (Å²) in [7, 11) is 0. The third kappa shape index (κ3) is 1.55. The van der Waals surface area contributed by atoms with Crippen LogP contribution in [-0.4, -0.2) is 45.1 Å². The molecule has 20 heavy (non-hydrogen) atoms. The number of ketones is 1. The van der Waals surface area contributed by atoms with Crippen molar-refractivity contribution in [2.45, 2.75) is 44.2 Å². The molecule has 1 saturated heterocycles. The van der Waals surface area contributed by atoms with Crippen molar-refractivity contribution in [1.82, 2.24) is 0 Å². The van der Waals surface area contributed by atoms with Gasteiger partial charge in [0.1, 0.15) is 5.92 Å². The molecule has 0 aromatic carbocycles. The van der Waals surface area contributed by atoms with Crippen LogP contribution in [0.2, 0.25) is 0 Å². The molecule has 2 saturated carbocycles. The minimum absolute atomic E-state index is 0.0651. The molecular weight excluding hydrogens is 264 g/mol. The van der Waals surface area contributed by atoms with E-state index in [0.717, 1.165) is 0 Å². The number of aliphatic hydroxyl groups excluding tert-OH is 2. The number of carbonyl (C=O) groups is 2. The van der Waals surface area contributed by atoms with Crippen molar-refractivity contribution >= 4 is 11.8 Å². The first kappa shape index (κ1) is 13.7. The zero-order chi connectivity index (χ0) is 14.9. The Bertz CT molecular complexity index is 514. The quantitative estimate of drug-likeness (QED) is 0.315. The number of rotatable bonds is 0. The molecule has 3 N–H and O–H groups in total. The van der Waals surface area contributed by atoms with Crippen molar-refractivity contribution in [3.05, 3.63) is 12.2 Å². The van der Waals surface area contributed by atoms with Crippen LogP contribution in [0.5, 0.6) is 0 Å². The van der Waals surface area contributed by atoms with E-state index in [1.54, 1.807) is 0 Å². The topological polar surface area (TPSA) is 104 Å². The summed E-state index contributed by atoms with van der Waals surface area (Å²) < 4.78 is 4.83. The standard InChI is InChI=1S/C14H18O6/c1-6-7(15)3-4-13(2)5-14(19)9(10(16)8(6)13)11(17)12(18)20-14/h7-10,15-16,19H,1,3-5H2,2H3/t7?,8-,9?,10?,13-,14?/m1/s1. The normalized spacial score (nSPS) is 51.5. The minimum atomic E-state index is -1.94. The van der Waals surface area contributed by atoms with Crippen molar-refractivity contribution in [3.63, 3.8) is 0 Å². The maximum Gasteiger partial charge on any atom is 0.377 e. The average molecular weight is 282 g/mol. The monoisotopic (exact) mass is 282 g/mol. The molecule has 0 spiro atoms. The average Bonchev–Trinajstić information content (AvgIpc) is 2.54. The first-order chi connectivity index (χ1) is 9.19. The molecule has 0 aromatic heterocycles. The van der Waals surface area contributed by atoms with E-state index in [0.29, 0.717) is 18.4 Å². The van der Waals surface area contributed by atoms with Crippen molar-refractivity contribution in [2.75, 3.05) is 0 Å². The third-order valence-electron chi connectivity index (χ3n) is 5.15. The second-order valence-corrected chi connectivity index (χ2v) is 6.50. The predicted molar refractivity (Wildman–Crippen MR) is 66.1 cm³/mol. The van der Waals surface area contributed by atoms with E-state index in [4.69, 9.17) is 4.74 Å². The van der Waals surface area contributed by atoms with Gasteiger partial charge in [-0.05, 0) is 23.8 Å². The van der Waals surface area contributed by atoms with E-state index in [2.05, 4.69) is 6.58 Å². The summed E-state index contributed by atoms with van der Waals surface area (Å²) in [6.07, 6.45) is -0.922. The first-order valence-electron chi connectivity index (χ1n) is 6.74. The Morgan fingerprint density at radius 3 is 2.60 bits per heavy atom. The number of aliphatic hydroxyl groups is 3. The van der Waals surface area contributed by atoms with Crippen LogP contribution >= 0.6 is 0 Å². The fourth-order valence-electron chi connectivity index (χ4n) is 4.24. The minimum Gasteiger partial charge on any atom is -0.427 e. The molecule has 2 aliphatic carbocycles. The number of ether oxygens (including phenoxy) is 1. The SMILES string of the molecule is C=C1C(O)CC[C@]2(C)CC3(O)OC(=O)C(=O)C3C(O)[C@@H]12. The molecule has 4 unspecified atom stereocenters. The fourth-order valence-corrected chi connectivity index (χ4v) is 4.24. The second-order valence-electron chi connectivity index (χ2n) is 6.50. The van der Waals surface area contributed by atoms with Gasteiger partial charge >= 0.3 is 5.97 Å². The number of Topliss-reactive ketones (excluding diaryl/α,β-unsaturated/α-hetero) is 1. The molecule has 0 aromatic rings. The Labute approximate surface area is 116 Å². The van der Waals surface area contributed by atoms with Crippen LogP contribution in [0.4, 0.5) is 0 Å². The summed E-state index contributed by atoms with van der Waals surface area (Å²) in [5, 5.41) is 30.9. The second kappa shape index (κ2) is 3.90. The number of hydrogen-bond donors (Lipinski definition) is 3. The highest BCUT2D eigenvalue weighted by Gasteiger charge is 2.67. The Balaban J connectivity index is 2.06. The van der Waals surface area contributed by atoms with Gasteiger partial charge in [-0.1, -0.05) is 13.5 Å². The summed E-state index contributed by atoms with van der Waals surface area (Å²) >= 11 is 0. The van der Waals surface area contributed by atoms with Gasteiger partial charge in [0, 0.05) is 12.3 Å². The van der Waals surface area contributed by atoms with E-state index in [-0.39, 0.29) is 6.42 Å². The highest BCUT2D eigenvalue weighted by Crippen LogP contribution is 2.58. The maximum atomic E-state index is 11.8. The van der Waals surface area contributed by atoms with Crippen molar-refractivity contribution in [1.29, 1.82) is 0 Å². The molecule has 1 aliphatic heterocycles. The molecule has 3 fully saturated rings. The lowest BCUT2D eigenvalue weighted by Gasteiger charge is -2.54. The first-order valence-corrected chi connectivity index (χ1v) is 6.74. The van der Waals surface area contributed by atoms with Crippen LogP contribution in [0, 0.1) is 17.3 Å². The summed E-state index contributed by atoms with van der Waals surface area (Å²) in [6, 6.07) is 0. The van der Waals surface area contributed by atoms with Crippen molar-refractivity contribution in [3.8, 4) is 0 Å². The van der Waals surface area contributed by atoms with Crippen LogP contribution in [-0.2, 0) is 14.3 Å². The van der Waals surface area contributed by atoms with Crippen LogP contribution < -0.4 is 0 Å². The van der Waals surface area contributed by atoms with Gasteiger partial charge in [-0.25, -0.2) is 4.79 Å². The molecule has 110 valence electrons. The largest absolute Gasteiger partial charge is 0.427 e. The Hall–Kier alpha value is -1.24. The molecule has 3 rings (SSSR count). The van der Waals surface area contributed by atoms with E-state index in [1.165, 1.54) is 0 Å². The zero-order valence-electron chi connectivity index (χ0n) is 11.2. The summed E-state index contributed by atoms with van der Waals surface area (Å²) in [6.45, 7) is 5.68. The molecule has 3 aliphatic rings. The van der Waals surface area contributed by atoms with Crippen molar-refractivity contribution < 1.29 is 29.6 Å². The smallest absolute Gasteiger partial charge is 0.377 e. The lowest BCUT2D eigenvalue weighted by molar-refractivity contribution is -0.260. The van der Waals surface area contributed by atoms with Gasteiger partial charge in [-0.2, -0.15) is 0 Å². The number of hydrogen-bond acceptors (Lipinski definition) is 6. The van der Waals surface area contributed by atoms with Gasteiger partial charge in [0.2, 0.25) is 5.79 Å². The van der Waals surface area contributed by atoms with Gasteiger partial charge < -0.3 is 20.1 Å². The van der Waals surface area contributed by atoms with Gasteiger partial charge in [0.25, 0.3) is 5.78 Å². The zero-order valence-corrected chi connectivity index (χ0v) is 11.2. The summed E-state index contributed by atoms with van der Waals surface area (Å²) in [5.74, 6) is -5.79. The molecule has 1 heterocycles. The molecule has 6 atom stereocenters. The lowest BCUT2D eigenvalue weighted by atomic mass is 9.53. The Morgan fingerprint density at radius 2 is 1.95 bits per heavy atom. The van der Waals surface area contributed by atoms with E-state index in [1.807, 2.05) is 6.92 Å². The molecule has 0 bridgehead atoms. The molecule has 0 amide bonds. The van der Waals surface area contributed by atoms with Crippen LogP contribution in [0.25, 0.3) is 0 Å². The third-order valence-corrected chi connectivity index (χ3v) is 5.15. The fraction of sp³-hybridized carbons (Fsp3) is 0.714. The number of esters is 1. The lowest BCUT2D eigenvalue weighted by Crippen LogP contribution is -2.60. The van der Waals surface area contributed by atoms with Crippen LogP contribution in [0.15, 0.2) is 12.2 Å². The van der Waals surface area contributed by atoms with Gasteiger partial charge in [0.15, 0.2) is 0 Å². The predicted octanol–water partition coefficient (Wildman–Crippen LogP) is -0.485. The Morgan fingerprint density at radius 1 is 1.30 bits per heavy atom. The molecular formula is C14H18O6. The summed E-state index contributed by atoms with van der Waals surface area (Å²) in [4.78, 5) is 23.3. The van der Waals surface area contributed by atoms with Gasteiger partial charge in [-0.15, -0.1) is 0 Å². The molecule has 6 heteroatoms. The van der Waals surface area contributed by atoms with Crippen molar-refractivity contribution in [2.24, 2.45) is 17.3 Å². The van der Waals surface area contributed by atoms with E-state index in [9.17, 15) is 24.9 Å². The van der Waals surface area contributed by atoms with Gasteiger partial charge in [0.05, 0.1) is 12.2 Å². The van der Waals surface area contributed by atoms with E-state index >= 15 is 0 Å². The molecule has 6 nitrogen and oxygen atoms in total. The highest BCUT2D eigenvalue weighted by molar-refractivity contribution is 6.36. The number of carbonyl (C=O) groups excluding carboxylic acids is 2. The maximum absolute atomic E-state index is 11.8. The van der Waals surface area contributed by atoms with Crippen LogP contribution in [0.3, 0.4) is 0 Å². The highest BCUT2D eigenvalue weighted by atomic mass is 16.7. The van der Waals surface area contributed by atoms with Crippen LogP contribution in [0.1, 0.15) is 26.2 Å².